The fraction of sp³-hybridized carbons (Fsp3) is 0.345. The predicted molar refractivity (Wildman–Crippen MR) is 131 cm³/mol. The van der Waals surface area contributed by atoms with E-state index in [1.807, 2.05) is 43.3 Å². The number of aromatic hydroxyl groups is 1. The summed E-state index contributed by atoms with van der Waals surface area (Å²) in [6, 6.07) is 23.6. The molecule has 0 saturated heterocycles. The Morgan fingerprint density at radius 3 is 1.88 bits per heavy atom. The molecule has 0 aliphatic carbocycles. The maximum Gasteiger partial charge on any atom is 0.338 e. The molecule has 1 atom stereocenters. The Bertz CT molecular complexity index is 957. The standard InChI is InChI=1S/C29H34O3/c1-3-4-5-6-7-22(2)32-29(31)27-16-12-24(13-17-27)9-8-23-10-14-25(15-11-23)26-18-20-28(30)21-19-26/h10-22,30H,3-9H2,1-2H3. The number of hydrogen-bond donors (Lipinski definition) is 1. The van der Waals surface area contributed by atoms with Crippen molar-refractivity contribution in [1.82, 2.24) is 0 Å². The number of benzene rings is 3. The lowest BCUT2D eigenvalue weighted by atomic mass is 10.00. The van der Waals surface area contributed by atoms with Gasteiger partial charge in [0.2, 0.25) is 0 Å². The largest absolute Gasteiger partial charge is 0.508 e. The van der Waals surface area contributed by atoms with E-state index in [2.05, 4.69) is 31.2 Å². The summed E-state index contributed by atoms with van der Waals surface area (Å²) in [5, 5.41) is 9.43. The Hall–Kier alpha value is -3.07. The van der Waals surface area contributed by atoms with Crippen LogP contribution in [-0.2, 0) is 17.6 Å². The van der Waals surface area contributed by atoms with Gasteiger partial charge in [-0.1, -0.05) is 74.7 Å². The van der Waals surface area contributed by atoms with Crippen LogP contribution >= 0.6 is 0 Å². The summed E-state index contributed by atoms with van der Waals surface area (Å²) in [6.45, 7) is 4.17. The molecule has 168 valence electrons. The lowest BCUT2D eigenvalue weighted by molar-refractivity contribution is 0.0319. The minimum absolute atomic E-state index is 0.0384. The molecule has 0 aliphatic heterocycles. The summed E-state index contributed by atoms with van der Waals surface area (Å²) >= 11 is 0. The number of unbranched alkanes of at least 4 members (excludes halogenated alkanes) is 3. The topological polar surface area (TPSA) is 46.5 Å². The van der Waals surface area contributed by atoms with Gasteiger partial charge in [-0.15, -0.1) is 0 Å². The number of hydrogen-bond acceptors (Lipinski definition) is 3. The minimum Gasteiger partial charge on any atom is -0.508 e. The van der Waals surface area contributed by atoms with Gasteiger partial charge in [0, 0.05) is 0 Å². The van der Waals surface area contributed by atoms with Gasteiger partial charge < -0.3 is 9.84 Å². The maximum absolute atomic E-state index is 12.4. The van der Waals surface area contributed by atoms with E-state index in [0.29, 0.717) is 5.56 Å². The lowest BCUT2D eigenvalue weighted by Crippen LogP contribution is -2.15. The van der Waals surface area contributed by atoms with Crippen molar-refractivity contribution in [3.63, 3.8) is 0 Å². The molecule has 32 heavy (non-hydrogen) atoms. The van der Waals surface area contributed by atoms with Gasteiger partial charge in [-0.25, -0.2) is 4.79 Å². The number of aryl methyl sites for hydroxylation is 2. The van der Waals surface area contributed by atoms with Crippen molar-refractivity contribution in [1.29, 1.82) is 0 Å². The van der Waals surface area contributed by atoms with Crippen LogP contribution < -0.4 is 0 Å². The Labute approximate surface area is 192 Å². The molecule has 0 radical (unpaired) electrons. The number of phenols is 1. The number of carbonyl (C=O) groups is 1. The maximum atomic E-state index is 12.4. The average Bonchev–Trinajstić information content (AvgIpc) is 2.82. The molecule has 0 saturated carbocycles. The molecular formula is C29H34O3. The summed E-state index contributed by atoms with van der Waals surface area (Å²) in [7, 11) is 0. The third-order valence-electron chi connectivity index (χ3n) is 5.82. The fourth-order valence-electron chi connectivity index (χ4n) is 3.78. The van der Waals surface area contributed by atoms with E-state index in [9.17, 15) is 9.90 Å². The monoisotopic (exact) mass is 430 g/mol. The second kappa shape index (κ2) is 12.1. The SMILES string of the molecule is CCCCCCC(C)OC(=O)c1ccc(CCc2ccc(-c3ccc(O)cc3)cc2)cc1. The number of esters is 1. The van der Waals surface area contributed by atoms with E-state index in [1.54, 1.807) is 12.1 Å². The van der Waals surface area contributed by atoms with E-state index >= 15 is 0 Å². The molecule has 0 aliphatic rings. The molecule has 0 aromatic heterocycles. The molecule has 0 amide bonds. The summed E-state index contributed by atoms with van der Waals surface area (Å²) in [5.74, 6) is 0.0472. The van der Waals surface area contributed by atoms with Gasteiger partial charge in [-0.05, 0) is 79.1 Å². The van der Waals surface area contributed by atoms with E-state index in [1.165, 1.54) is 30.4 Å². The van der Waals surface area contributed by atoms with Crippen LogP contribution in [0.25, 0.3) is 11.1 Å². The Morgan fingerprint density at radius 1 is 0.781 bits per heavy atom. The molecular weight excluding hydrogens is 396 g/mol. The van der Waals surface area contributed by atoms with Crippen LogP contribution in [0.15, 0.2) is 72.8 Å². The lowest BCUT2D eigenvalue weighted by Gasteiger charge is -2.13. The molecule has 3 aromatic carbocycles. The Balaban J connectivity index is 1.47. The molecule has 0 heterocycles. The number of phenolic OH excluding ortho intramolecular Hbond substituents is 1. The van der Waals surface area contributed by atoms with E-state index in [0.717, 1.165) is 36.8 Å². The Morgan fingerprint density at radius 2 is 1.31 bits per heavy atom. The molecule has 0 fully saturated rings. The fourth-order valence-corrected chi connectivity index (χ4v) is 3.78. The van der Waals surface area contributed by atoms with Gasteiger partial charge >= 0.3 is 5.97 Å². The molecule has 3 rings (SSSR count). The van der Waals surface area contributed by atoms with Gasteiger partial charge in [0.1, 0.15) is 5.75 Å². The highest BCUT2D eigenvalue weighted by molar-refractivity contribution is 5.89. The van der Waals surface area contributed by atoms with E-state index in [-0.39, 0.29) is 17.8 Å². The van der Waals surface area contributed by atoms with Gasteiger partial charge in [0.15, 0.2) is 0 Å². The second-order valence-corrected chi connectivity index (χ2v) is 8.51. The molecule has 1 unspecified atom stereocenters. The molecule has 1 N–H and O–H groups in total. The van der Waals surface area contributed by atoms with Gasteiger partial charge in [0.05, 0.1) is 11.7 Å². The van der Waals surface area contributed by atoms with Crippen molar-refractivity contribution >= 4 is 5.97 Å². The summed E-state index contributed by atoms with van der Waals surface area (Å²) in [5.41, 5.74) is 5.32. The highest BCUT2D eigenvalue weighted by Gasteiger charge is 2.12. The van der Waals surface area contributed by atoms with Crippen LogP contribution in [-0.4, -0.2) is 17.2 Å². The first-order valence-electron chi connectivity index (χ1n) is 11.7. The van der Waals surface area contributed by atoms with Crippen molar-refractivity contribution in [3.05, 3.63) is 89.5 Å². The van der Waals surface area contributed by atoms with Crippen molar-refractivity contribution in [2.45, 2.75) is 64.9 Å². The third kappa shape index (κ3) is 7.26. The zero-order chi connectivity index (χ0) is 22.8. The van der Waals surface area contributed by atoms with Gasteiger partial charge in [-0.2, -0.15) is 0 Å². The molecule has 0 bridgehead atoms. The minimum atomic E-state index is -0.232. The summed E-state index contributed by atoms with van der Waals surface area (Å²) < 4.78 is 5.59. The first-order chi connectivity index (χ1) is 15.5. The van der Waals surface area contributed by atoms with Crippen molar-refractivity contribution < 1.29 is 14.6 Å². The molecule has 0 spiro atoms. The molecule has 3 aromatic rings. The number of rotatable bonds is 11. The van der Waals surface area contributed by atoms with Crippen LogP contribution in [0.1, 0.15) is 67.4 Å². The first-order valence-corrected chi connectivity index (χ1v) is 11.7. The van der Waals surface area contributed by atoms with Crippen LogP contribution in [0, 0.1) is 0 Å². The highest BCUT2D eigenvalue weighted by Crippen LogP contribution is 2.22. The van der Waals surface area contributed by atoms with E-state index < -0.39 is 0 Å². The van der Waals surface area contributed by atoms with Crippen LogP contribution in [0.4, 0.5) is 0 Å². The molecule has 3 nitrogen and oxygen atoms in total. The summed E-state index contributed by atoms with van der Waals surface area (Å²) in [6.07, 6.45) is 7.51. The van der Waals surface area contributed by atoms with Crippen LogP contribution in [0.2, 0.25) is 0 Å². The van der Waals surface area contributed by atoms with Crippen LogP contribution in [0.5, 0.6) is 5.75 Å². The molecule has 3 heteroatoms. The Kier molecular flexibility index (Phi) is 8.91. The highest BCUT2D eigenvalue weighted by atomic mass is 16.5. The van der Waals surface area contributed by atoms with Crippen molar-refractivity contribution in [2.75, 3.05) is 0 Å². The zero-order valence-corrected chi connectivity index (χ0v) is 19.2. The van der Waals surface area contributed by atoms with Gasteiger partial charge in [-0.3, -0.25) is 0 Å². The summed E-state index contributed by atoms with van der Waals surface area (Å²) in [4.78, 5) is 12.4. The van der Waals surface area contributed by atoms with Crippen molar-refractivity contribution in [2.24, 2.45) is 0 Å². The van der Waals surface area contributed by atoms with Gasteiger partial charge in [0.25, 0.3) is 0 Å². The quantitative estimate of drug-likeness (QED) is 0.255. The first kappa shape index (κ1) is 23.6. The number of carbonyl (C=O) groups excluding carboxylic acids is 1. The van der Waals surface area contributed by atoms with Crippen LogP contribution in [0.3, 0.4) is 0 Å². The van der Waals surface area contributed by atoms with E-state index in [4.69, 9.17) is 4.74 Å². The third-order valence-corrected chi connectivity index (χ3v) is 5.82. The normalized spacial score (nSPS) is 11.8. The smallest absolute Gasteiger partial charge is 0.338 e. The zero-order valence-electron chi connectivity index (χ0n) is 19.2. The number of ether oxygens (including phenoxy) is 1. The predicted octanol–water partition coefficient (Wildman–Crippen LogP) is 7.36. The average molecular weight is 431 g/mol. The second-order valence-electron chi connectivity index (χ2n) is 8.51. The van der Waals surface area contributed by atoms with Crippen molar-refractivity contribution in [3.8, 4) is 16.9 Å².